The average Bonchev–Trinajstić information content (AvgIpc) is 4.02. The third kappa shape index (κ3) is 4.40. The zero-order chi connectivity index (χ0) is 37.9. The van der Waals surface area contributed by atoms with Crippen molar-refractivity contribution in [1.29, 1.82) is 0 Å². The van der Waals surface area contributed by atoms with Crippen LogP contribution in [0, 0.1) is 0 Å². The molecular formula is C54H33N3O. The van der Waals surface area contributed by atoms with E-state index in [2.05, 4.69) is 202 Å². The van der Waals surface area contributed by atoms with Crippen LogP contribution in [0.3, 0.4) is 0 Å². The molecule has 0 atom stereocenters. The molecule has 58 heavy (non-hydrogen) atoms. The van der Waals surface area contributed by atoms with Crippen molar-refractivity contribution in [3.63, 3.8) is 0 Å². The normalized spacial score (nSPS) is 12.1. The van der Waals surface area contributed by atoms with Crippen molar-refractivity contribution in [3.8, 4) is 28.2 Å². The van der Waals surface area contributed by atoms with Gasteiger partial charge in [-0.05, 0) is 102 Å². The van der Waals surface area contributed by atoms with Crippen LogP contribution in [0.1, 0.15) is 0 Å². The average molecular weight is 740 g/mol. The van der Waals surface area contributed by atoms with Crippen LogP contribution in [0.4, 0.5) is 0 Å². The summed E-state index contributed by atoms with van der Waals surface area (Å²) in [5.74, 6) is 0. The van der Waals surface area contributed by atoms with E-state index < -0.39 is 0 Å². The zero-order valence-corrected chi connectivity index (χ0v) is 31.3. The van der Waals surface area contributed by atoms with Crippen molar-refractivity contribution in [2.45, 2.75) is 0 Å². The van der Waals surface area contributed by atoms with E-state index in [0.717, 1.165) is 50.0 Å². The largest absolute Gasteiger partial charge is 0.456 e. The first-order valence-corrected chi connectivity index (χ1v) is 19.8. The van der Waals surface area contributed by atoms with E-state index in [9.17, 15) is 0 Å². The molecule has 4 nitrogen and oxygen atoms in total. The molecule has 4 aromatic heterocycles. The predicted molar refractivity (Wildman–Crippen MR) is 242 cm³/mol. The maximum Gasteiger partial charge on any atom is 0.135 e. The van der Waals surface area contributed by atoms with Gasteiger partial charge in [0.25, 0.3) is 0 Å². The Hall–Kier alpha value is -7.82. The molecule has 0 aliphatic heterocycles. The standard InChI is InChI=1S/C54H33N3O/c1-3-13-34(14-4-1)35-23-26-49-42(29-35)44-32-45-43-30-37(56-47-20-10-7-17-39(47)40-18-8-11-21-48(40)56)24-27-50(43)57(52(45)33-51(44)55(49)36-15-5-2-6-16-36)38-25-28-54-46(31-38)41-19-9-12-22-53(41)58-54/h1-33H. The summed E-state index contributed by atoms with van der Waals surface area (Å²) in [6, 6.07) is 72.7. The number of nitrogens with zero attached hydrogens (tertiary/aromatic N) is 3. The summed E-state index contributed by atoms with van der Waals surface area (Å²) in [7, 11) is 0. The first-order chi connectivity index (χ1) is 28.8. The topological polar surface area (TPSA) is 27.9 Å². The van der Waals surface area contributed by atoms with Gasteiger partial charge in [-0.15, -0.1) is 0 Å². The Morgan fingerprint density at radius 1 is 0.241 bits per heavy atom. The van der Waals surface area contributed by atoms with Gasteiger partial charge in [0.15, 0.2) is 0 Å². The van der Waals surface area contributed by atoms with Gasteiger partial charge in [0.05, 0.1) is 33.1 Å². The van der Waals surface area contributed by atoms with Gasteiger partial charge >= 0.3 is 0 Å². The van der Waals surface area contributed by atoms with Crippen LogP contribution < -0.4 is 0 Å². The molecule has 13 aromatic rings. The Balaban J connectivity index is 1.17. The quantitative estimate of drug-likeness (QED) is 0.177. The fraction of sp³-hybridized carbons (Fsp3) is 0. The molecular weight excluding hydrogens is 707 g/mol. The molecule has 270 valence electrons. The summed E-state index contributed by atoms with van der Waals surface area (Å²) in [6.45, 7) is 0. The number of aromatic nitrogens is 3. The van der Waals surface area contributed by atoms with Crippen molar-refractivity contribution in [2.75, 3.05) is 0 Å². The second-order valence-electron chi connectivity index (χ2n) is 15.3. The van der Waals surface area contributed by atoms with Crippen molar-refractivity contribution in [2.24, 2.45) is 0 Å². The highest BCUT2D eigenvalue weighted by atomic mass is 16.3. The molecule has 0 amide bonds. The third-order valence-corrected chi connectivity index (χ3v) is 12.2. The first kappa shape index (κ1) is 31.4. The number of para-hydroxylation sites is 4. The van der Waals surface area contributed by atoms with Crippen LogP contribution in [0.15, 0.2) is 205 Å². The van der Waals surface area contributed by atoms with E-state index in [1.165, 1.54) is 65.5 Å². The molecule has 9 aromatic carbocycles. The third-order valence-electron chi connectivity index (χ3n) is 12.2. The maximum atomic E-state index is 6.31. The molecule has 0 radical (unpaired) electrons. The predicted octanol–water partition coefficient (Wildman–Crippen LogP) is 14.5. The van der Waals surface area contributed by atoms with Crippen molar-refractivity contribution in [3.05, 3.63) is 200 Å². The lowest BCUT2D eigenvalue weighted by Crippen LogP contribution is -1.96. The first-order valence-electron chi connectivity index (χ1n) is 19.8. The summed E-state index contributed by atoms with van der Waals surface area (Å²) < 4.78 is 13.6. The molecule has 0 spiro atoms. The van der Waals surface area contributed by atoms with E-state index in [1.807, 2.05) is 12.1 Å². The highest BCUT2D eigenvalue weighted by Gasteiger charge is 2.21. The van der Waals surface area contributed by atoms with Crippen LogP contribution in [-0.4, -0.2) is 13.7 Å². The Morgan fingerprint density at radius 2 is 0.724 bits per heavy atom. The molecule has 0 aliphatic rings. The van der Waals surface area contributed by atoms with E-state index in [0.29, 0.717) is 0 Å². The Morgan fingerprint density at radius 3 is 1.45 bits per heavy atom. The minimum atomic E-state index is 0.889. The Kier molecular flexibility index (Phi) is 6.41. The number of hydrogen-bond acceptors (Lipinski definition) is 1. The lowest BCUT2D eigenvalue weighted by atomic mass is 10.0. The van der Waals surface area contributed by atoms with Crippen LogP contribution in [0.2, 0.25) is 0 Å². The monoisotopic (exact) mass is 739 g/mol. The van der Waals surface area contributed by atoms with Crippen molar-refractivity contribution < 1.29 is 4.42 Å². The van der Waals surface area contributed by atoms with Crippen LogP contribution >= 0.6 is 0 Å². The van der Waals surface area contributed by atoms with Gasteiger partial charge < -0.3 is 18.1 Å². The van der Waals surface area contributed by atoms with Crippen LogP contribution in [0.25, 0.3) is 116 Å². The van der Waals surface area contributed by atoms with Gasteiger partial charge in [-0.2, -0.15) is 0 Å². The van der Waals surface area contributed by atoms with Gasteiger partial charge in [-0.1, -0.05) is 109 Å². The van der Waals surface area contributed by atoms with Crippen molar-refractivity contribution in [1.82, 2.24) is 13.7 Å². The lowest BCUT2D eigenvalue weighted by Gasteiger charge is -2.11. The second-order valence-corrected chi connectivity index (χ2v) is 15.3. The number of furan rings is 1. The minimum Gasteiger partial charge on any atom is -0.456 e. The number of fused-ring (bicyclic) bond motifs is 12. The number of rotatable bonds is 4. The summed E-state index contributed by atoms with van der Waals surface area (Å²) in [5, 5.41) is 9.60. The Labute approximate surface area is 332 Å². The smallest absolute Gasteiger partial charge is 0.135 e. The van der Waals surface area contributed by atoms with Crippen LogP contribution in [0.5, 0.6) is 0 Å². The summed E-state index contributed by atoms with van der Waals surface area (Å²) in [4.78, 5) is 0. The highest BCUT2D eigenvalue weighted by molar-refractivity contribution is 6.20. The van der Waals surface area contributed by atoms with E-state index in [4.69, 9.17) is 4.42 Å². The molecule has 4 heteroatoms. The van der Waals surface area contributed by atoms with Gasteiger partial charge in [0.2, 0.25) is 0 Å². The summed E-state index contributed by atoms with van der Waals surface area (Å²) in [5.41, 5.74) is 14.6. The number of benzene rings is 9. The minimum absolute atomic E-state index is 0.889. The van der Waals surface area contributed by atoms with Gasteiger partial charge in [0, 0.05) is 60.2 Å². The van der Waals surface area contributed by atoms with Gasteiger partial charge in [-0.3, -0.25) is 0 Å². The molecule has 0 bridgehead atoms. The van der Waals surface area contributed by atoms with Gasteiger partial charge in [0.1, 0.15) is 11.2 Å². The molecule has 0 N–H and O–H groups in total. The van der Waals surface area contributed by atoms with E-state index in [-0.39, 0.29) is 0 Å². The van der Waals surface area contributed by atoms with E-state index in [1.54, 1.807) is 0 Å². The van der Waals surface area contributed by atoms with E-state index >= 15 is 0 Å². The molecule has 0 unspecified atom stereocenters. The fourth-order valence-electron chi connectivity index (χ4n) is 9.66. The Bertz CT molecular complexity index is 3730. The number of hydrogen-bond donors (Lipinski definition) is 0. The molecule has 0 saturated carbocycles. The second kappa shape index (κ2) is 11.8. The molecule has 0 saturated heterocycles. The SMILES string of the molecule is c1ccc(-c2ccc3c(c2)c2cc4c5cc(-n6c7ccccc7c7ccccc76)ccc5n(-c5ccc6oc7ccccc7c6c5)c4cc2n3-c2ccccc2)cc1. The fourth-order valence-corrected chi connectivity index (χ4v) is 9.66. The van der Waals surface area contributed by atoms with Crippen molar-refractivity contribution >= 4 is 87.4 Å². The molecule has 0 fully saturated rings. The van der Waals surface area contributed by atoms with Crippen LogP contribution in [-0.2, 0) is 0 Å². The molecule has 13 rings (SSSR count). The summed E-state index contributed by atoms with van der Waals surface area (Å²) >= 11 is 0. The maximum absolute atomic E-state index is 6.31. The zero-order valence-electron chi connectivity index (χ0n) is 31.3. The lowest BCUT2D eigenvalue weighted by molar-refractivity contribution is 0.669. The highest BCUT2D eigenvalue weighted by Crippen LogP contribution is 2.43. The molecule has 4 heterocycles. The van der Waals surface area contributed by atoms with Gasteiger partial charge in [-0.25, -0.2) is 0 Å². The molecule has 0 aliphatic carbocycles. The summed E-state index contributed by atoms with van der Waals surface area (Å²) in [6.07, 6.45) is 0.